The van der Waals surface area contributed by atoms with Gasteiger partial charge in [0, 0.05) is 25.2 Å². The van der Waals surface area contributed by atoms with E-state index < -0.39 is 6.09 Å². The fourth-order valence-electron chi connectivity index (χ4n) is 1.72. The number of ether oxygens (including phenoxy) is 1. The molecule has 0 aliphatic rings. The predicted molar refractivity (Wildman–Crippen MR) is 83.0 cm³/mol. The van der Waals surface area contributed by atoms with Crippen LogP contribution in [0, 0.1) is 0 Å². The number of benzene rings is 1. The largest absolute Gasteiger partial charge is 0.457 e. The van der Waals surface area contributed by atoms with Crippen molar-refractivity contribution in [2.45, 2.75) is 6.92 Å². The van der Waals surface area contributed by atoms with E-state index in [1.54, 1.807) is 19.2 Å². The lowest BCUT2D eigenvalue weighted by molar-refractivity contribution is -0.107. The molecule has 0 bridgehead atoms. The Balaban J connectivity index is 2.15. The molecule has 2 aromatic rings. The molecule has 0 fully saturated rings. The first-order chi connectivity index (χ1) is 10.6. The highest BCUT2D eigenvalue weighted by molar-refractivity contribution is 5.83. The zero-order chi connectivity index (χ0) is 15.9. The van der Waals surface area contributed by atoms with Crippen LogP contribution in [0.2, 0.25) is 0 Å². The third-order valence-corrected chi connectivity index (χ3v) is 3.08. The SMILES string of the molecule is CCN(C)C(=O)O/C(C=O)=C\c1ccc(-c2ccccc2)o1. The summed E-state index contributed by atoms with van der Waals surface area (Å²) in [5.41, 5.74) is 0.928. The molecule has 0 N–H and O–H groups in total. The van der Waals surface area contributed by atoms with Gasteiger partial charge in [-0.05, 0) is 19.1 Å². The topological polar surface area (TPSA) is 59.8 Å². The van der Waals surface area contributed by atoms with Gasteiger partial charge in [-0.15, -0.1) is 0 Å². The van der Waals surface area contributed by atoms with Gasteiger partial charge in [0.1, 0.15) is 11.5 Å². The average Bonchev–Trinajstić information content (AvgIpc) is 3.02. The summed E-state index contributed by atoms with van der Waals surface area (Å²) in [4.78, 5) is 24.0. The second-order valence-corrected chi connectivity index (χ2v) is 4.61. The molecule has 1 aromatic carbocycles. The van der Waals surface area contributed by atoms with E-state index in [1.807, 2.05) is 37.3 Å². The Morgan fingerprint density at radius 3 is 2.59 bits per heavy atom. The van der Waals surface area contributed by atoms with Crippen LogP contribution < -0.4 is 0 Å². The summed E-state index contributed by atoms with van der Waals surface area (Å²) in [5, 5.41) is 0. The van der Waals surface area contributed by atoms with Crippen LogP contribution in [-0.4, -0.2) is 30.9 Å². The Morgan fingerprint density at radius 1 is 1.23 bits per heavy atom. The van der Waals surface area contributed by atoms with Gasteiger partial charge in [-0.3, -0.25) is 4.79 Å². The lowest BCUT2D eigenvalue weighted by Gasteiger charge is -2.13. The fraction of sp³-hybridized carbons (Fsp3) is 0.176. The second-order valence-electron chi connectivity index (χ2n) is 4.61. The maximum absolute atomic E-state index is 11.6. The number of rotatable bonds is 5. The average molecular weight is 299 g/mol. The third kappa shape index (κ3) is 3.85. The molecule has 22 heavy (non-hydrogen) atoms. The number of nitrogens with zero attached hydrogens (tertiary/aromatic N) is 1. The summed E-state index contributed by atoms with van der Waals surface area (Å²) in [7, 11) is 1.59. The van der Waals surface area contributed by atoms with Crippen LogP contribution in [0.3, 0.4) is 0 Å². The van der Waals surface area contributed by atoms with Crippen molar-refractivity contribution >= 4 is 18.5 Å². The maximum Gasteiger partial charge on any atom is 0.415 e. The van der Waals surface area contributed by atoms with Gasteiger partial charge in [-0.1, -0.05) is 30.3 Å². The summed E-state index contributed by atoms with van der Waals surface area (Å²) in [6.45, 7) is 2.30. The minimum Gasteiger partial charge on any atom is -0.457 e. The van der Waals surface area contributed by atoms with Gasteiger partial charge in [-0.2, -0.15) is 0 Å². The number of hydrogen-bond donors (Lipinski definition) is 0. The quantitative estimate of drug-likeness (QED) is 0.481. The molecular weight excluding hydrogens is 282 g/mol. The summed E-state index contributed by atoms with van der Waals surface area (Å²) in [6, 6.07) is 13.1. The van der Waals surface area contributed by atoms with Gasteiger partial charge in [-0.25, -0.2) is 4.79 Å². The zero-order valence-corrected chi connectivity index (χ0v) is 12.5. The molecule has 0 aliphatic carbocycles. The van der Waals surface area contributed by atoms with Gasteiger partial charge < -0.3 is 14.1 Å². The Labute approximate surface area is 128 Å². The van der Waals surface area contributed by atoms with E-state index in [0.717, 1.165) is 5.56 Å². The van der Waals surface area contributed by atoms with Crippen molar-refractivity contribution in [3.05, 3.63) is 54.0 Å². The maximum atomic E-state index is 11.6. The Morgan fingerprint density at radius 2 is 1.95 bits per heavy atom. The third-order valence-electron chi connectivity index (χ3n) is 3.08. The number of carbonyl (C=O) groups is 2. The number of carbonyl (C=O) groups excluding carboxylic acids is 2. The lowest BCUT2D eigenvalue weighted by atomic mass is 10.2. The summed E-state index contributed by atoms with van der Waals surface area (Å²) in [5.74, 6) is 1.02. The van der Waals surface area contributed by atoms with E-state index in [1.165, 1.54) is 11.0 Å². The zero-order valence-electron chi connectivity index (χ0n) is 12.5. The van der Waals surface area contributed by atoms with Crippen molar-refractivity contribution in [3.63, 3.8) is 0 Å². The molecule has 1 aromatic heterocycles. The minimum atomic E-state index is -0.587. The molecule has 0 atom stereocenters. The van der Waals surface area contributed by atoms with Gasteiger partial charge in [0.05, 0.1) is 0 Å². The van der Waals surface area contributed by atoms with Gasteiger partial charge in [0.2, 0.25) is 0 Å². The highest BCUT2D eigenvalue weighted by atomic mass is 16.6. The van der Waals surface area contributed by atoms with Crippen LogP contribution in [0.15, 0.2) is 52.6 Å². The first-order valence-electron chi connectivity index (χ1n) is 6.89. The second kappa shape index (κ2) is 7.26. The molecule has 0 radical (unpaired) electrons. The predicted octanol–water partition coefficient (Wildman–Crippen LogP) is 3.57. The van der Waals surface area contributed by atoms with Crippen LogP contribution in [0.5, 0.6) is 0 Å². The molecular formula is C17H17NO4. The number of aldehydes is 1. The highest BCUT2D eigenvalue weighted by Gasteiger charge is 2.11. The van der Waals surface area contributed by atoms with E-state index in [2.05, 4.69) is 0 Å². The van der Waals surface area contributed by atoms with Crippen molar-refractivity contribution in [2.75, 3.05) is 13.6 Å². The molecule has 0 spiro atoms. The molecule has 1 heterocycles. The molecule has 0 saturated carbocycles. The summed E-state index contributed by atoms with van der Waals surface area (Å²) in [6.07, 6.45) is 1.28. The monoisotopic (exact) mass is 299 g/mol. The minimum absolute atomic E-state index is 0.0979. The van der Waals surface area contributed by atoms with E-state index in [9.17, 15) is 9.59 Å². The van der Waals surface area contributed by atoms with E-state index in [-0.39, 0.29) is 5.76 Å². The number of hydrogen-bond acceptors (Lipinski definition) is 4. The number of amides is 1. The van der Waals surface area contributed by atoms with Gasteiger partial charge >= 0.3 is 6.09 Å². The van der Waals surface area contributed by atoms with Gasteiger partial charge in [0.25, 0.3) is 0 Å². The summed E-state index contributed by atoms with van der Waals surface area (Å²) >= 11 is 0. The lowest BCUT2D eigenvalue weighted by Crippen LogP contribution is -2.26. The molecule has 0 unspecified atom stereocenters. The molecule has 1 amide bonds. The van der Waals surface area contributed by atoms with Crippen LogP contribution in [0.1, 0.15) is 12.7 Å². The molecule has 0 saturated heterocycles. The normalized spacial score (nSPS) is 11.1. The smallest absolute Gasteiger partial charge is 0.415 e. The van der Waals surface area contributed by atoms with Crippen molar-refractivity contribution < 1.29 is 18.7 Å². The first-order valence-corrected chi connectivity index (χ1v) is 6.89. The fourth-order valence-corrected chi connectivity index (χ4v) is 1.72. The Hall–Kier alpha value is -2.82. The van der Waals surface area contributed by atoms with Crippen LogP contribution in [-0.2, 0) is 9.53 Å². The van der Waals surface area contributed by atoms with Crippen molar-refractivity contribution in [1.29, 1.82) is 0 Å². The van der Waals surface area contributed by atoms with Crippen molar-refractivity contribution in [2.24, 2.45) is 0 Å². The standard InChI is InChI=1S/C17H17NO4/c1-3-18(2)17(20)22-15(12-19)11-14-9-10-16(21-14)13-7-5-4-6-8-13/h4-12H,3H2,1-2H3/b15-11-. The van der Waals surface area contributed by atoms with Gasteiger partial charge in [0.15, 0.2) is 12.0 Å². The molecule has 114 valence electrons. The van der Waals surface area contributed by atoms with E-state index in [4.69, 9.17) is 9.15 Å². The Kier molecular flexibility index (Phi) is 5.14. The van der Waals surface area contributed by atoms with Crippen LogP contribution in [0.25, 0.3) is 17.4 Å². The molecule has 2 rings (SSSR count). The number of furan rings is 1. The van der Waals surface area contributed by atoms with E-state index >= 15 is 0 Å². The van der Waals surface area contributed by atoms with Crippen LogP contribution in [0.4, 0.5) is 4.79 Å². The molecule has 5 nitrogen and oxygen atoms in total. The Bertz CT molecular complexity index is 673. The van der Waals surface area contributed by atoms with Crippen molar-refractivity contribution in [3.8, 4) is 11.3 Å². The highest BCUT2D eigenvalue weighted by Crippen LogP contribution is 2.23. The molecule has 0 aliphatic heterocycles. The van der Waals surface area contributed by atoms with Crippen molar-refractivity contribution in [1.82, 2.24) is 4.90 Å². The summed E-state index contributed by atoms with van der Waals surface area (Å²) < 4.78 is 10.6. The molecule has 5 heteroatoms. The van der Waals surface area contributed by atoms with Crippen LogP contribution >= 0.6 is 0 Å². The first kappa shape index (κ1) is 15.6. The number of allylic oxidation sites excluding steroid dienone is 1. The van der Waals surface area contributed by atoms with E-state index in [0.29, 0.717) is 24.4 Å².